The molecule has 0 unspecified atom stereocenters. The number of rotatable bonds is 1. The zero-order valence-corrected chi connectivity index (χ0v) is 9.12. The van der Waals surface area contributed by atoms with Crippen LogP contribution < -0.4 is 0 Å². The standard InChI is InChI=1S/C4H4Br3O2/c1-3(8)9-2-4(5,6)7/h1-2H2. The SMILES string of the molecule is [CH2]C(=O)OCC(Br)(Br)Br. The van der Waals surface area contributed by atoms with Gasteiger partial charge in [-0.2, -0.15) is 0 Å². The molecule has 0 spiro atoms. The number of esters is 1. The van der Waals surface area contributed by atoms with E-state index in [1.165, 1.54) is 0 Å². The number of ether oxygens (including phenoxy) is 1. The molecule has 0 amide bonds. The van der Waals surface area contributed by atoms with Crippen LogP contribution in [-0.4, -0.2) is 14.7 Å². The first kappa shape index (κ1) is 9.91. The molecule has 0 aliphatic heterocycles. The van der Waals surface area contributed by atoms with Gasteiger partial charge in [0.15, 0.2) is 2.14 Å². The van der Waals surface area contributed by atoms with E-state index in [1.54, 1.807) is 0 Å². The van der Waals surface area contributed by atoms with E-state index in [9.17, 15) is 4.79 Å². The van der Waals surface area contributed by atoms with Crippen molar-refractivity contribution in [3.05, 3.63) is 6.92 Å². The molecule has 1 radical (unpaired) electrons. The summed E-state index contributed by atoms with van der Waals surface area (Å²) in [7, 11) is 0. The van der Waals surface area contributed by atoms with Crippen molar-refractivity contribution in [1.29, 1.82) is 0 Å². The summed E-state index contributed by atoms with van der Waals surface area (Å²) in [5.74, 6) is -0.544. The smallest absolute Gasteiger partial charge is 0.306 e. The molecule has 0 aromatic rings. The molecule has 0 aliphatic rings. The van der Waals surface area contributed by atoms with Crippen LogP contribution in [0.3, 0.4) is 0 Å². The minimum Gasteiger partial charge on any atom is -0.462 e. The molecule has 0 fully saturated rings. The van der Waals surface area contributed by atoms with Crippen LogP contribution in [0, 0.1) is 6.92 Å². The lowest BCUT2D eigenvalue weighted by atomic mass is 10.8. The largest absolute Gasteiger partial charge is 0.462 e. The predicted molar refractivity (Wildman–Crippen MR) is 45.8 cm³/mol. The molecule has 0 rings (SSSR count). The first-order chi connectivity index (χ1) is 3.92. The number of alkyl halides is 3. The van der Waals surface area contributed by atoms with Crippen molar-refractivity contribution < 1.29 is 9.53 Å². The maximum absolute atomic E-state index is 10.1. The van der Waals surface area contributed by atoms with E-state index in [2.05, 4.69) is 59.5 Å². The Hall–Kier alpha value is 0.910. The van der Waals surface area contributed by atoms with Crippen LogP contribution in [0.1, 0.15) is 0 Å². The molecule has 0 aromatic carbocycles. The zero-order valence-electron chi connectivity index (χ0n) is 4.36. The van der Waals surface area contributed by atoms with Gasteiger partial charge in [-0.25, -0.2) is 0 Å². The topological polar surface area (TPSA) is 26.3 Å². The maximum Gasteiger partial charge on any atom is 0.306 e. The minimum absolute atomic E-state index is 0.190. The highest BCUT2D eigenvalue weighted by Crippen LogP contribution is 2.33. The van der Waals surface area contributed by atoms with Gasteiger partial charge in [-0.15, -0.1) is 0 Å². The van der Waals surface area contributed by atoms with Crippen LogP contribution in [0.15, 0.2) is 0 Å². The fourth-order valence-corrected chi connectivity index (χ4v) is 0.506. The summed E-state index contributed by atoms with van der Waals surface area (Å²) < 4.78 is 4.00. The van der Waals surface area contributed by atoms with Gasteiger partial charge >= 0.3 is 5.97 Å². The Bertz CT molecular complexity index is 107. The molecule has 9 heavy (non-hydrogen) atoms. The summed E-state index contributed by atoms with van der Waals surface area (Å²) in [5.41, 5.74) is 0. The predicted octanol–water partition coefficient (Wildman–Crippen LogP) is 2.20. The van der Waals surface area contributed by atoms with E-state index in [0.29, 0.717) is 0 Å². The Balaban J connectivity index is 3.39. The second-order valence-corrected chi connectivity index (χ2v) is 8.53. The lowest BCUT2D eigenvalue weighted by Gasteiger charge is -2.10. The van der Waals surface area contributed by atoms with Gasteiger partial charge in [-0.3, -0.25) is 4.79 Å². The molecule has 0 atom stereocenters. The Labute approximate surface area is 78.7 Å². The second kappa shape index (κ2) is 3.93. The fourth-order valence-electron chi connectivity index (χ4n) is 0.162. The fraction of sp³-hybridized carbons (Fsp3) is 0.500. The van der Waals surface area contributed by atoms with Gasteiger partial charge in [-0.05, 0) is 0 Å². The number of hydrogen-bond donors (Lipinski definition) is 0. The Kier molecular flexibility index (Phi) is 4.33. The first-order valence-corrected chi connectivity index (χ1v) is 4.35. The Morgan fingerprint density at radius 1 is 1.56 bits per heavy atom. The van der Waals surface area contributed by atoms with Crippen LogP contribution in [0.25, 0.3) is 0 Å². The van der Waals surface area contributed by atoms with E-state index < -0.39 is 8.11 Å². The second-order valence-electron chi connectivity index (χ2n) is 1.28. The van der Waals surface area contributed by atoms with Crippen molar-refractivity contribution in [1.82, 2.24) is 0 Å². The minimum atomic E-state index is -0.544. The van der Waals surface area contributed by atoms with Gasteiger partial charge in [0.2, 0.25) is 0 Å². The van der Waals surface area contributed by atoms with Crippen LogP contribution >= 0.6 is 47.8 Å². The molecule has 0 N–H and O–H groups in total. The normalized spacial score (nSPS) is 11.1. The van der Waals surface area contributed by atoms with Crippen LogP contribution in [0.5, 0.6) is 0 Å². The van der Waals surface area contributed by atoms with Crippen molar-refractivity contribution in [2.75, 3.05) is 6.61 Å². The third-order valence-corrected chi connectivity index (χ3v) is 1.08. The molecule has 0 saturated heterocycles. The molecule has 0 saturated carbocycles. The van der Waals surface area contributed by atoms with Crippen molar-refractivity contribution in [3.63, 3.8) is 0 Å². The number of halogens is 3. The van der Waals surface area contributed by atoms with Gasteiger partial charge in [0.25, 0.3) is 0 Å². The molecule has 0 heterocycles. The lowest BCUT2D eigenvalue weighted by molar-refractivity contribution is -0.137. The molecule has 53 valence electrons. The van der Waals surface area contributed by atoms with Gasteiger partial charge < -0.3 is 4.74 Å². The molecular weight excluding hydrogens is 320 g/mol. The molecule has 0 aliphatic carbocycles. The van der Waals surface area contributed by atoms with E-state index in [0.717, 1.165) is 0 Å². The highest BCUT2D eigenvalue weighted by atomic mass is 80.0. The van der Waals surface area contributed by atoms with E-state index >= 15 is 0 Å². The summed E-state index contributed by atoms with van der Waals surface area (Å²) in [6.45, 7) is 3.21. The number of carbonyl (C=O) groups excluding carboxylic acids is 1. The summed E-state index contributed by atoms with van der Waals surface area (Å²) in [6.07, 6.45) is 0. The molecule has 0 bridgehead atoms. The van der Waals surface area contributed by atoms with E-state index in [1.807, 2.05) is 0 Å². The Morgan fingerprint density at radius 2 is 2.00 bits per heavy atom. The summed E-state index contributed by atoms with van der Waals surface area (Å²) in [4.78, 5) is 10.1. The maximum atomic E-state index is 10.1. The molecule has 2 nitrogen and oxygen atoms in total. The van der Waals surface area contributed by atoms with Crippen LogP contribution in [0.4, 0.5) is 0 Å². The van der Waals surface area contributed by atoms with Gasteiger partial charge in [-0.1, -0.05) is 47.8 Å². The first-order valence-electron chi connectivity index (χ1n) is 1.97. The summed E-state index contributed by atoms with van der Waals surface area (Å²) >= 11 is 9.41. The van der Waals surface area contributed by atoms with Gasteiger partial charge in [0.05, 0.1) is 6.92 Å². The lowest BCUT2D eigenvalue weighted by Crippen LogP contribution is -2.13. The molecule has 5 heteroatoms. The monoisotopic (exact) mass is 321 g/mol. The van der Waals surface area contributed by atoms with Gasteiger partial charge in [0.1, 0.15) is 6.61 Å². The van der Waals surface area contributed by atoms with Crippen molar-refractivity contribution in [2.24, 2.45) is 0 Å². The third-order valence-electron chi connectivity index (χ3n) is 0.397. The third kappa shape index (κ3) is 8.91. The van der Waals surface area contributed by atoms with Crippen molar-refractivity contribution in [2.45, 2.75) is 2.14 Å². The molecule has 0 aromatic heterocycles. The number of carbonyl (C=O) groups is 1. The van der Waals surface area contributed by atoms with Gasteiger partial charge in [0, 0.05) is 0 Å². The number of hydrogen-bond acceptors (Lipinski definition) is 2. The van der Waals surface area contributed by atoms with E-state index in [4.69, 9.17) is 0 Å². The van der Waals surface area contributed by atoms with E-state index in [-0.39, 0.29) is 6.61 Å². The van der Waals surface area contributed by atoms with Crippen LogP contribution in [-0.2, 0) is 9.53 Å². The summed E-state index contributed by atoms with van der Waals surface area (Å²) in [5, 5.41) is 0. The quantitative estimate of drug-likeness (QED) is 0.546. The average molecular weight is 324 g/mol. The molecular formula is C4H4Br3O2. The zero-order chi connectivity index (χ0) is 7.49. The highest BCUT2D eigenvalue weighted by Gasteiger charge is 2.18. The van der Waals surface area contributed by atoms with Crippen molar-refractivity contribution in [3.8, 4) is 0 Å². The Morgan fingerprint density at radius 3 is 2.11 bits per heavy atom. The van der Waals surface area contributed by atoms with Crippen molar-refractivity contribution >= 4 is 53.8 Å². The highest BCUT2D eigenvalue weighted by molar-refractivity contribution is 9.39. The summed E-state index contributed by atoms with van der Waals surface area (Å²) in [6, 6.07) is 0. The average Bonchev–Trinajstić information content (AvgIpc) is 1.59. The van der Waals surface area contributed by atoms with Crippen LogP contribution in [0.2, 0.25) is 0 Å².